The van der Waals surface area contributed by atoms with Gasteiger partial charge in [0.25, 0.3) is 0 Å². The Labute approximate surface area is 88.8 Å². The molecule has 0 spiro atoms. The minimum atomic E-state index is -1.65. The largest absolute Gasteiger partial charge is 0.496 e. The van der Waals surface area contributed by atoms with Gasteiger partial charge in [0.1, 0.15) is 11.4 Å². The molecule has 1 aromatic carbocycles. The Kier molecular flexibility index (Phi) is 3.68. The van der Waals surface area contributed by atoms with Crippen molar-refractivity contribution in [2.75, 3.05) is 20.3 Å². The van der Waals surface area contributed by atoms with E-state index in [1.165, 1.54) is 7.11 Å². The monoisotopic (exact) mass is 212 g/mol. The number of aryl methyl sites for hydroxylation is 1. The fraction of sp³-hybridized carbons (Fsp3) is 0.455. The van der Waals surface area contributed by atoms with E-state index in [1.54, 1.807) is 18.2 Å². The number of hydrogen-bond donors (Lipinski definition) is 3. The molecular formula is C11H16O4. The van der Waals surface area contributed by atoms with Crippen molar-refractivity contribution in [1.82, 2.24) is 0 Å². The molecule has 15 heavy (non-hydrogen) atoms. The van der Waals surface area contributed by atoms with Crippen LogP contribution in [0.2, 0.25) is 0 Å². The molecule has 0 aromatic heterocycles. The van der Waals surface area contributed by atoms with E-state index in [0.29, 0.717) is 11.3 Å². The Balaban J connectivity index is 3.23. The smallest absolute Gasteiger partial charge is 0.139 e. The highest BCUT2D eigenvalue weighted by Crippen LogP contribution is 2.30. The van der Waals surface area contributed by atoms with E-state index in [-0.39, 0.29) is 0 Å². The van der Waals surface area contributed by atoms with E-state index >= 15 is 0 Å². The van der Waals surface area contributed by atoms with Crippen LogP contribution in [0.3, 0.4) is 0 Å². The van der Waals surface area contributed by atoms with Crippen LogP contribution >= 0.6 is 0 Å². The second-order valence-corrected chi connectivity index (χ2v) is 3.55. The summed E-state index contributed by atoms with van der Waals surface area (Å²) in [6, 6.07) is 5.17. The van der Waals surface area contributed by atoms with Crippen molar-refractivity contribution in [3.8, 4) is 5.75 Å². The summed E-state index contributed by atoms with van der Waals surface area (Å²) >= 11 is 0. The van der Waals surface area contributed by atoms with Crippen molar-refractivity contribution in [3.63, 3.8) is 0 Å². The average Bonchev–Trinajstić information content (AvgIpc) is 2.27. The Morgan fingerprint density at radius 3 is 2.33 bits per heavy atom. The van der Waals surface area contributed by atoms with Gasteiger partial charge in [0.15, 0.2) is 0 Å². The maximum atomic E-state index is 9.92. The van der Waals surface area contributed by atoms with Crippen molar-refractivity contribution in [2.45, 2.75) is 12.5 Å². The molecule has 0 aliphatic carbocycles. The first-order valence-corrected chi connectivity index (χ1v) is 4.66. The van der Waals surface area contributed by atoms with Crippen LogP contribution in [0.4, 0.5) is 0 Å². The standard InChI is InChI=1S/C11H16O4/c1-8-3-4-9(10(5-8)15-2)11(14,6-12)7-13/h3-5,12-14H,6-7H2,1-2H3. The first kappa shape index (κ1) is 12.0. The summed E-state index contributed by atoms with van der Waals surface area (Å²) in [5, 5.41) is 28.0. The molecule has 4 nitrogen and oxygen atoms in total. The quantitative estimate of drug-likeness (QED) is 0.665. The maximum absolute atomic E-state index is 9.92. The highest BCUT2D eigenvalue weighted by atomic mass is 16.5. The summed E-state index contributed by atoms with van der Waals surface area (Å²) in [7, 11) is 1.48. The predicted molar refractivity (Wildman–Crippen MR) is 55.8 cm³/mol. The molecule has 0 heterocycles. The molecule has 84 valence electrons. The predicted octanol–water partition coefficient (Wildman–Crippen LogP) is 0.176. The van der Waals surface area contributed by atoms with Gasteiger partial charge < -0.3 is 20.1 Å². The fourth-order valence-electron chi connectivity index (χ4n) is 1.40. The lowest BCUT2D eigenvalue weighted by molar-refractivity contribution is -0.0611. The molecule has 1 aromatic rings. The van der Waals surface area contributed by atoms with E-state index in [2.05, 4.69) is 0 Å². The van der Waals surface area contributed by atoms with Gasteiger partial charge in [0.05, 0.1) is 20.3 Å². The molecule has 0 aliphatic heterocycles. The van der Waals surface area contributed by atoms with Crippen molar-refractivity contribution < 1.29 is 20.1 Å². The summed E-state index contributed by atoms with van der Waals surface area (Å²) < 4.78 is 5.09. The summed E-state index contributed by atoms with van der Waals surface area (Å²) in [5.74, 6) is 0.459. The SMILES string of the molecule is COc1cc(C)ccc1C(O)(CO)CO. The summed E-state index contributed by atoms with van der Waals surface area (Å²) in [5.41, 5.74) is -0.284. The van der Waals surface area contributed by atoms with Crippen LogP contribution in [0.15, 0.2) is 18.2 Å². The lowest BCUT2D eigenvalue weighted by Gasteiger charge is -2.25. The number of benzene rings is 1. The zero-order valence-electron chi connectivity index (χ0n) is 8.90. The van der Waals surface area contributed by atoms with E-state index in [0.717, 1.165) is 5.56 Å². The van der Waals surface area contributed by atoms with Crippen LogP contribution in [0.25, 0.3) is 0 Å². The number of ether oxygens (including phenoxy) is 1. The first-order chi connectivity index (χ1) is 7.07. The van der Waals surface area contributed by atoms with E-state index in [9.17, 15) is 5.11 Å². The highest BCUT2D eigenvalue weighted by molar-refractivity contribution is 5.41. The van der Waals surface area contributed by atoms with Gasteiger partial charge in [-0.15, -0.1) is 0 Å². The van der Waals surface area contributed by atoms with Gasteiger partial charge >= 0.3 is 0 Å². The Morgan fingerprint density at radius 2 is 1.87 bits per heavy atom. The van der Waals surface area contributed by atoms with Crippen LogP contribution in [0, 0.1) is 6.92 Å². The van der Waals surface area contributed by atoms with Crippen molar-refractivity contribution in [2.24, 2.45) is 0 Å². The summed E-state index contributed by atoms with van der Waals surface area (Å²) in [4.78, 5) is 0. The lowest BCUT2D eigenvalue weighted by atomic mass is 9.94. The second-order valence-electron chi connectivity index (χ2n) is 3.55. The molecule has 3 N–H and O–H groups in total. The molecule has 0 saturated carbocycles. The molecule has 0 radical (unpaired) electrons. The van der Waals surface area contributed by atoms with E-state index in [4.69, 9.17) is 14.9 Å². The molecular weight excluding hydrogens is 196 g/mol. The normalized spacial score (nSPS) is 11.5. The molecule has 0 saturated heterocycles. The van der Waals surface area contributed by atoms with Crippen molar-refractivity contribution in [1.29, 1.82) is 0 Å². The van der Waals surface area contributed by atoms with Gasteiger partial charge in [-0.05, 0) is 18.6 Å². The second kappa shape index (κ2) is 4.61. The van der Waals surface area contributed by atoms with Gasteiger partial charge in [-0.3, -0.25) is 0 Å². The average molecular weight is 212 g/mol. The Bertz CT molecular complexity index is 331. The lowest BCUT2D eigenvalue weighted by Crippen LogP contribution is -2.34. The molecule has 0 unspecified atom stereocenters. The molecule has 0 aliphatic rings. The number of methoxy groups -OCH3 is 1. The fourth-order valence-corrected chi connectivity index (χ4v) is 1.40. The summed E-state index contributed by atoms with van der Waals surface area (Å²) in [6.45, 7) is 0.787. The van der Waals surface area contributed by atoms with E-state index in [1.807, 2.05) is 6.92 Å². The minimum Gasteiger partial charge on any atom is -0.496 e. The highest BCUT2D eigenvalue weighted by Gasteiger charge is 2.30. The molecule has 0 atom stereocenters. The molecule has 1 rings (SSSR count). The van der Waals surface area contributed by atoms with Crippen LogP contribution in [0.5, 0.6) is 5.75 Å². The first-order valence-electron chi connectivity index (χ1n) is 4.66. The Morgan fingerprint density at radius 1 is 1.27 bits per heavy atom. The molecule has 0 bridgehead atoms. The molecule has 0 fully saturated rings. The zero-order valence-corrected chi connectivity index (χ0v) is 8.90. The third kappa shape index (κ3) is 2.28. The molecule has 4 heteroatoms. The summed E-state index contributed by atoms with van der Waals surface area (Å²) in [6.07, 6.45) is 0. The van der Waals surface area contributed by atoms with Crippen LogP contribution in [-0.4, -0.2) is 35.6 Å². The third-order valence-corrected chi connectivity index (χ3v) is 2.38. The number of aliphatic hydroxyl groups is 3. The van der Waals surface area contributed by atoms with Gasteiger partial charge in [-0.1, -0.05) is 12.1 Å². The molecule has 0 amide bonds. The topological polar surface area (TPSA) is 69.9 Å². The van der Waals surface area contributed by atoms with Crippen LogP contribution < -0.4 is 4.74 Å². The maximum Gasteiger partial charge on any atom is 0.139 e. The number of aliphatic hydroxyl groups excluding tert-OH is 2. The van der Waals surface area contributed by atoms with Crippen LogP contribution in [-0.2, 0) is 5.60 Å². The van der Waals surface area contributed by atoms with Crippen molar-refractivity contribution >= 4 is 0 Å². The van der Waals surface area contributed by atoms with Gasteiger partial charge in [-0.2, -0.15) is 0 Å². The number of rotatable bonds is 4. The van der Waals surface area contributed by atoms with E-state index < -0.39 is 18.8 Å². The third-order valence-electron chi connectivity index (χ3n) is 2.38. The zero-order chi connectivity index (χ0) is 11.5. The van der Waals surface area contributed by atoms with Crippen LogP contribution in [0.1, 0.15) is 11.1 Å². The van der Waals surface area contributed by atoms with Gasteiger partial charge in [-0.25, -0.2) is 0 Å². The number of hydrogen-bond acceptors (Lipinski definition) is 4. The van der Waals surface area contributed by atoms with Crippen molar-refractivity contribution in [3.05, 3.63) is 29.3 Å². The Hall–Kier alpha value is -1.10. The van der Waals surface area contributed by atoms with Gasteiger partial charge in [0, 0.05) is 5.56 Å². The van der Waals surface area contributed by atoms with Gasteiger partial charge in [0.2, 0.25) is 0 Å². The minimum absolute atomic E-state index is 0.389.